The van der Waals surface area contributed by atoms with Crippen molar-refractivity contribution in [3.05, 3.63) is 71.3 Å². The number of rotatable bonds is 1. The van der Waals surface area contributed by atoms with Crippen molar-refractivity contribution in [3.63, 3.8) is 0 Å². The molecule has 1 amide bonds. The van der Waals surface area contributed by atoms with Gasteiger partial charge in [-0.25, -0.2) is 0 Å². The van der Waals surface area contributed by atoms with Crippen LogP contribution in [0.4, 0.5) is 0 Å². The van der Waals surface area contributed by atoms with E-state index in [-0.39, 0.29) is 11.9 Å². The van der Waals surface area contributed by atoms with E-state index in [4.69, 9.17) is 0 Å². The third kappa shape index (κ3) is 1.31. The normalized spacial score (nSPS) is 18.0. The summed E-state index contributed by atoms with van der Waals surface area (Å²) >= 11 is 0. The maximum atomic E-state index is 11.7. The number of carbonyl (C=O) groups excluding carboxylic acids is 1. The van der Waals surface area contributed by atoms with Crippen LogP contribution in [0, 0.1) is 0 Å². The van der Waals surface area contributed by atoms with Gasteiger partial charge in [0.1, 0.15) is 0 Å². The van der Waals surface area contributed by atoms with Crippen LogP contribution in [0.15, 0.2) is 54.6 Å². The largest absolute Gasteiger partial charge is 0.341 e. The summed E-state index contributed by atoms with van der Waals surface area (Å²) in [4.78, 5) is 11.7. The standard InChI is InChI=1S/C14H11NO/c16-14-12-9-5-4-8-11(12)13(15-14)10-6-2-1-3-7-10/h1-9,13H,(H,15,16). The molecule has 0 spiro atoms. The van der Waals surface area contributed by atoms with Crippen molar-refractivity contribution in [3.8, 4) is 0 Å². The molecule has 2 nitrogen and oxygen atoms in total. The number of hydrogen-bond donors (Lipinski definition) is 1. The fraction of sp³-hybridized carbons (Fsp3) is 0.0714. The Bertz CT molecular complexity index is 533. The number of benzene rings is 2. The molecule has 2 heteroatoms. The Morgan fingerprint density at radius 3 is 2.38 bits per heavy atom. The van der Waals surface area contributed by atoms with Crippen molar-refractivity contribution < 1.29 is 4.79 Å². The Kier molecular flexibility index (Phi) is 2.00. The lowest BCUT2D eigenvalue weighted by Crippen LogP contribution is -2.19. The van der Waals surface area contributed by atoms with Crippen LogP contribution in [-0.4, -0.2) is 5.91 Å². The summed E-state index contributed by atoms with van der Waals surface area (Å²) in [6.07, 6.45) is 0. The third-order valence-corrected chi connectivity index (χ3v) is 2.92. The lowest BCUT2D eigenvalue weighted by atomic mass is 9.99. The van der Waals surface area contributed by atoms with Crippen molar-refractivity contribution in [1.82, 2.24) is 5.32 Å². The minimum atomic E-state index is 0.00454. The van der Waals surface area contributed by atoms with E-state index < -0.39 is 0 Å². The Morgan fingerprint density at radius 1 is 0.875 bits per heavy atom. The highest BCUT2D eigenvalue weighted by Gasteiger charge is 2.28. The minimum Gasteiger partial charge on any atom is -0.341 e. The molecule has 1 heterocycles. The van der Waals surface area contributed by atoms with Gasteiger partial charge in [-0.05, 0) is 17.2 Å². The third-order valence-electron chi connectivity index (χ3n) is 2.92. The van der Waals surface area contributed by atoms with Crippen LogP contribution in [0.5, 0.6) is 0 Å². The SMILES string of the molecule is O=C1NC(c2ccccc2)c2ccccc21. The summed E-state index contributed by atoms with van der Waals surface area (Å²) in [5, 5.41) is 3.00. The Balaban J connectivity index is 2.11. The predicted octanol–water partition coefficient (Wildman–Crippen LogP) is 2.52. The number of fused-ring (bicyclic) bond motifs is 1. The van der Waals surface area contributed by atoms with E-state index >= 15 is 0 Å². The van der Waals surface area contributed by atoms with E-state index in [1.807, 2.05) is 54.6 Å². The molecule has 0 saturated carbocycles. The zero-order chi connectivity index (χ0) is 11.0. The van der Waals surface area contributed by atoms with Gasteiger partial charge in [-0.1, -0.05) is 48.5 Å². The summed E-state index contributed by atoms with van der Waals surface area (Å²) in [5.74, 6) is 0.0180. The molecule has 1 atom stereocenters. The number of carbonyl (C=O) groups is 1. The van der Waals surface area contributed by atoms with E-state index in [9.17, 15) is 4.79 Å². The van der Waals surface area contributed by atoms with Gasteiger partial charge in [0.05, 0.1) is 6.04 Å². The fourth-order valence-corrected chi connectivity index (χ4v) is 2.15. The highest BCUT2D eigenvalue weighted by atomic mass is 16.2. The van der Waals surface area contributed by atoms with E-state index in [2.05, 4.69) is 5.32 Å². The molecule has 0 fully saturated rings. The topological polar surface area (TPSA) is 29.1 Å². The quantitative estimate of drug-likeness (QED) is 0.768. The average Bonchev–Trinajstić information content (AvgIpc) is 2.69. The molecule has 2 aromatic rings. The second kappa shape index (κ2) is 3.49. The molecule has 1 aliphatic rings. The molecular weight excluding hydrogens is 198 g/mol. The number of hydrogen-bond acceptors (Lipinski definition) is 1. The van der Waals surface area contributed by atoms with E-state index in [0.29, 0.717) is 0 Å². The first kappa shape index (κ1) is 9.16. The Morgan fingerprint density at radius 2 is 1.56 bits per heavy atom. The minimum absolute atomic E-state index is 0.00454. The maximum absolute atomic E-state index is 11.7. The first-order valence-corrected chi connectivity index (χ1v) is 5.31. The second-order valence-electron chi connectivity index (χ2n) is 3.90. The van der Waals surface area contributed by atoms with Gasteiger partial charge in [-0.15, -0.1) is 0 Å². The Labute approximate surface area is 93.9 Å². The molecular formula is C14H11NO. The van der Waals surface area contributed by atoms with Gasteiger partial charge in [-0.2, -0.15) is 0 Å². The van der Waals surface area contributed by atoms with E-state index in [0.717, 1.165) is 16.7 Å². The van der Waals surface area contributed by atoms with Crippen LogP contribution < -0.4 is 5.32 Å². The van der Waals surface area contributed by atoms with Crippen LogP contribution >= 0.6 is 0 Å². The lowest BCUT2D eigenvalue weighted by molar-refractivity contribution is 0.0960. The molecule has 1 N–H and O–H groups in total. The van der Waals surface area contributed by atoms with Gasteiger partial charge in [0.15, 0.2) is 0 Å². The second-order valence-corrected chi connectivity index (χ2v) is 3.90. The van der Waals surface area contributed by atoms with Gasteiger partial charge >= 0.3 is 0 Å². The van der Waals surface area contributed by atoms with Gasteiger partial charge in [0, 0.05) is 5.56 Å². The first-order valence-electron chi connectivity index (χ1n) is 5.31. The molecule has 1 aliphatic heterocycles. The van der Waals surface area contributed by atoms with Crippen LogP contribution in [0.1, 0.15) is 27.5 Å². The highest BCUT2D eigenvalue weighted by molar-refractivity contribution is 5.99. The van der Waals surface area contributed by atoms with Crippen molar-refractivity contribution >= 4 is 5.91 Å². The number of nitrogens with one attached hydrogen (secondary N) is 1. The van der Waals surface area contributed by atoms with Crippen LogP contribution in [-0.2, 0) is 0 Å². The molecule has 16 heavy (non-hydrogen) atoms. The number of amides is 1. The zero-order valence-corrected chi connectivity index (χ0v) is 8.68. The maximum Gasteiger partial charge on any atom is 0.252 e. The van der Waals surface area contributed by atoms with E-state index in [1.54, 1.807) is 0 Å². The molecule has 78 valence electrons. The smallest absolute Gasteiger partial charge is 0.252 e. The van der Waals surface area contributed by atoms with Gasteiger partial charge in [0.25, 0.3) is 5.91 Å². The molecule has 2 aromatic carbocycles. The molecule has 3 rings (SSSR count). The lowest BCUT2D eigenvalue weighted by Gasteiger charge is -2.11. The molecule has 0 bridgehead atoms. The summed E-state index contributed by atoms with van der Waals surface area (Å²) in [6.45, 7) is 0. The van der Waals surface area contributed by atoms with Gasteiger partial charge in [-0.3, -0.25) is 4.79 Å². The average molecular weight is 209 g/mol. The molecule has 1 unspecified atom stereocenters. The van der Waals surface area contributed by atoms with Crippen LogP contribution in [0.25, 0.3) is 0 Å². The molecule has 0 aromatic heterocycles. The van der Waals surface area contributed by atoms with Crippen LogP contribution in [0.2, 0.25) is 0 Å². The molecule has 0 aliphatic carbocycles. The molecule has 0 radical (unpaired) electrons. The van der Waals surface area contributed by atoms with Crippen molar-refractivity contribution in [1.29, 1.82) is 0 Å². The van der Waals surface area contributed by atoms with Crippen molar-refractivity contribution in [2.75, 3.05) is 0 Å². The first-order chi connectivity index (χ1) is 7.86. The summed E-state index contributed by atoms with van der Waals surface area (Å²) < 4.78 is 0. The van der Waals surface area contributed by atoms with Crippen LogP contribution in [0.3, 0.4) is 0 Å². The van der Waals surface area contributed by atoms with Crippen molar-refractivity contribution in [2.24, 2.45) is 0 Å². The van der Waals surface area contributed by atoms with Gasteiger partial charge in [0.2, 0.25) is 0 Å². The monoisotopic (exact) mass is 209 g/mol. The summed E-state index contributed by atoms with van der Waals surface area (Å²) in [6, 6.07) is 17.8. The summed E-state index contributed by atoms with van der Waals surface area (Å²) in [7, 11) is 0. The zero-order valence-electron chi connectivity index (χ0n) is 8.68. The fourth-order valence-electron chi connectivity index (χ4n) is 2.15. The van der Waals surface area contributed by atoms with E-state index in [1.165, 1.54) is 0 Å². The predicted molar refractivity (Wildman–Crippen MR) is 62.2 cm³/mol. The van der Waals surface area contributed by atoms with Gasteiger partial charge < -0.3 is 5.32 Å². The molecule has 0 saturated heterocycles. The Hall–Kier alpha value is -2.09. The summed E-state index contributed by atoms with van der Waals surface area (Å²) in [5.41, 5.74) is 2.98. The highest BCUT2D eigenvalue weighted by Crippen LogP contribution is 2.30. The van der Waals surface area contributed by atoms with Crippen molar-refractivity contribution in [2.45, 2.75) is 6.04 Å².